The Bertz CT molecular complexity index is 447. The number of aryl methyl sites for hydroxylation is 1. The number of hydrogen-bond donors (Lipinski definition) is 1. The fourth-order valence-electron chi connectivity index (χ4n) is 2.38. The Hall–Kier alpha value is -0.620. The lowest BCUT2D eigenvalue weighted by Crippen LogP contribution is -2.38. The predicted molar refractivity (Wildman–Crippen MR) is 82.7 cm³/mol. The van der Waals surface area contributed by atoms with Crippen LogP contribution in [0.5, 0.6) is 0 Å². The van der Waals surface area contributed by atoms with Crippen LogP contribution in [0.4, 0.5) is 5.69 Å². The summed E-state index contributed by atoms with van der Waals surface area (Å²) in [6, 6.07) is 6.10. The van der Waals surface area contributed by atoms with Crippen molar-refractivity contribution in [2.45, 2.75) is 19.8 Å². The van der Waals surface area contributed by atoms with Crippen LogP contribution in [0.1, 0.15) is 18.4 Å². The maximum Gasteiger partial charge on any atom is 0.228 e. The molecule has 98 valence electrons. The lowest BCUT2D eigenvalue weighted by molar-refractivity contribution is -0.121. The van der Waals surface area contributed by atoms with E-state index in [1.54, 1.807) is 0 Å². The Morgan fingerprint density at radius 2 is 2.28 bits per heavy atom. The number of anilines is 1. The highest BCUT2D eigenvalue weighted by Crippen LogP contribution is 2.21. The summed E-state index contributed by atoms with van der Waals surface area (Å²) in [5.74, 6) is 0.285. The minimum Gasteiger partial charge on any atom is -0.326 e. The zero-order valence-electron chi connectivity index (χ0n) is 10.9. The van der Waals surface area contributed by atoms with E-state index in [4.69, 9.17) is 0 Å². The van der Waals surface area contributed by atoms with E-state index in [1.807, 2.05) is 19.1 Å². The van der Waals surface area contributed by atoms with Crippen LogP contribution < -0.4 is 5.32 Å². The Balaban J connectivity index is 2.02. The molecule has 1 heterocycles. The minimum absolute atomic E-state index is 0.127. The second-order valence-electron chi connectivity index (χ2n) is 5.05. The summed E-state index contributed by atoms with van der Waals surface area (Å²) in [7, 11) is 2.08. The Morgan fingerprint density at radius 1 is 1.50 bits per heavy atom. The number of nitrogens with zero attached hydrogens (tertiary/aromatic N) is 1. The molecule has 1 fully saturated rings. The topological polar surface area (TPSA) is 32.3 Å². The van der Waals surface area contributed by atoms with Crippen molar-refractivity contribution in [1.29, 1.82) is 0 Å². The van der Waals surface area contributed by atoms with Gasteiger partial charge in [-0.25, -0.2) is 0 Å². The molecule has 0 unspecified atom stereocenters. The number of halogens is 1. The van der Waals surface area contributed by atoms with E-state index in [1.165, 1.54) is 3.57 Å². The number of carbonyl (C=O) groups is 1. The highest BCUT2D eigenvalue weighted by atomic mass is 127. The quantitative estimate of drug-likeness (QED) is 0.825. The first-order valence-electron chi connectivity index (χ1n) is 6.32. The van der Waals surface area contributed by atoms with Crippen LogP contribution in [0.2, 0.25) is 0 Å². The van der Waals surface area contributed by atoms with Crippen molar-refractivity contribution in [3.05, 3.63) is 27.3 Å². The maximum absolute atomic E-state index is 12.2. The van der Waals surface area contributed by atoms with E-state index in [9.17, 15) is 4.79 Å². The van der Waals surface area contributed by atoms with Crippen LogP contribution in [-0.2, 0) is 4.79 Å². The molecule has 1 saturated heterocycles. The SMILES string of the molecule is Cc1cc(I)ccc1NC(=O)[C@H]1CCCN(C)C1. The van der Waals surface area contributed by atoms with Crippen molar-refractivity contribution in [1.82, 2.24) is 4.90 Å². The van der Waals surface area contributed by atoms with Crippen molar-refractivity contribution in [3.8, 4) is 0 Å². The first kappa shape index (κ1) is 13.8. The molecule has 1 aromatic carbocycles. The highest BCUT2D eigenvalue weighted by Gasteiger charge is 2.24. The van der Waals surface area contributed by atoms with Gasteiger partial charge in [0.25, 0.3) is 0 Å². The van der Waals surface area contributed by atoms with E-state index < -0.39 is 0 Å². The summed E-state index contributed by atoms with van der Waals surface area (Å²) < 4.78 is 1.19. The van der Waals surface area contributed by atoms with Gasteiger partial charge in [0.05, 0.1) is 5.92 Å². The Labute approximate surface area is 122 Å². The predicted octanol–water partition coefficient (Wildman–Crippen LogP) is 2.88. The van der Waals surface area contributed by atoms with Crippen LogP contribution >= 0.6 is 22.6 Å². The van der Waals surface area contributed by atoms with Crippen LogP contribution in [0, 0.1) is 16.4 Å². The van der Waals surface area contributed by atoms with Crippen molar-refractivity contribution < 1.29 is 4.79 Å². The summed E-state index contributed by atoms with van der Waals surface area (Å²) in [5.41, 5.74) is 2.06. The van der Waals surface area contributed by atoms with Gasteiger partial charge in [-0.1, -0.05) is 0 Å². The zero-order chi connectivity index (χ0) is 13.1. The van der Waals surface area contributed by atoms with Gasteiger partial charge >= 0.3 is 0 Å². The van der Waals surface area contributed by atoms with Gasteiger partial charge in [0, 0.05) is 15.8 Å². The molecule has 1 N–H and O–H groups in total. The molecular weight excluding hydrogens is 339 g/mol. The molecular formula is C14H19IN2O. The number of piperidine rings is 1. The number of likely N-dealkylation sites (tertiary alicyclic amines) is 1. The van der Waals surface area contributed by atoms with E-state index in [-0.39, 0.29) is 11.8 Å². The lowest BCUT2D eigenvalue weighted by atomic mass is 9.97. The Kier molecular flexibility index (Phi) is 4.61. The largest absolute Gasteiger partial charge is 0.326 e. The molecule has 1 aromatic rings. The first-order valence-corrected chi connectivity index (χ1v) is 7.39. The summed E-state index contributed by atoms with van der Waals surface area (Å²) in [6.45, 7) is 4.01. The smallest absolute Gasteiger partial charge is 0.228 e. The molecule has 0 aliphatic carbocycles. The number of benzene rings is 1. The van der Waals surface area contributed by atoms with E-state index >= 15 is 0 Å². The van der Waals surface area contributed by atoms with Crippen LogP contribution in [0.25, 0.3) is 0 Å². The zero-order valence-corrected chi connectivity index (χ0v) is 13.0. The lowest BCUT2D eigenvalue weighted by Gasteiger charge is -2.28. The second kappa shape index (κ2) is 6.02. The van der Waals surface area contributed by atoms with Gasteiger partial charge in [-0.15, -0.1) is 0 Å². The molecule has 1 amide bonds. The minimum atomic E-state index is 0.127. The molecule has 1 aliphatic heterocycles. The van der Waals surface area contributed by atoms with Crippen LogP contribution in [0.15, 0.2) is 18.2 Å². The number of hydrogen-bond acceptors (Lipinski definition) is 2. The number of rotatable bonds is 2. The van der Waals surface area contributed by atoms with Crippen LogP contribution in [0.3, 0.4) is 0 Å². The van der Waals surface area contributed by atoms with Crippen molar-refractivity contribution in [2.75, 3.05) is 25.5 Å². The third-order valence-electron chi connectivity index (χ3n) is 3.44. The van der Waals surface area contributed by atoms with Crippen molar-refractivity contribution >= 4 is 34.2 Å². The third kappa shape index (κ3) is 3.45. The van der Waals surface area contributed by atoms with Gasteiger partial charge < -0.3 is 10.2 Å². The summed E-state index contributed by atoms with van der Waals surface area (Å²) in [6.07, 6.45) is 2.11. The Morgan fingerprint density at radius 3 is 2.94 bits per heavy atom. The monoisotopic (exact) mass is 358 g/mol. The molecule has 3 nitrogen and oxygen atoms in total. The summed E-state index contributed by atoms with van der Waals surface area (Å²) >= 11 is 2.28. The molecule has 1 aliphatic rings. The molecule has 4 heteroatoms. The number of carbonyl (C=O) groups excluding carboxylic acids is 1. The third-order valence-corrected chi connectivity index (χ3v) is 4.11. The van der Waals surface area contributed by atoms with Gasteiger partial charge in [0.2, 0.25) is 5.91 Å². The van der Waals surface area contributed by atoms with Crippen molar-refractivity contribution in [3.63, 3.8) is 0 Å². The van der Waals surface area contributed by atoms with E-state index in [0.29, 0.717) is 0 Å². The van der Waals surface area contributed by atoms with E-state index in [2.05, 4.69) is 45.9 Å². The number of nitrogens with one attached hydrogen (secondary N) is 1. The molecule has 0 spiro atoms. The van der Waals surface area contributed by atoms with Crippen LogP contribution in [-0.4, -0.2) is 30.9 Å². The van der Waals surface area contributed by atoms with Gasteiger partial charge in [-0.05, 0) is 79.7 Å². The molecule has 18 heavy (non-hydrogen) atoms. The molecule has 0 bridgehead atoms. The van der Waals surface area contributed by atoms with Gasteiger partial charge in [0.15, 0.2) is 0 Å². The highest BCUT2D eigenvalue weighted by molar-refractivity contribution is 14.1. The average Bonchev–Trinajstić information content (AvgIpc) is 2.32. The van der Waals surface area contributed by atoms with Gasteiger partial charge in [0.1, 0.15) is 0 Å². The van der Waals surface area contributed by atoms with Crippen molar-refractivity contribution in [2.24, 2.45) is 5.92 Å². The molecule has 0 radical (unpaired) electrons. The van der Waals surface area contributed by atoms with Gasteiger partial charge in [-0.2, -0.15) is 0 Å². The standard InChI is InChI=1S/C14H19IN2O/c1-10-8-12(15)5-6-13(10)16-14(18)11-4-3-7-17(2)9-11/h5-6,8,11H,3-4,7,9H2,1-2H3,(H,16,18)/t11-/m0/s1. The average molecular weight is 358 g/mol. The second-order valence-corrected chi connectivity index (χ2v) is 6.30. The normalized spacial score (nSPS) is 20.7. The molecule has 1 atom stereocenters. The summed E-state index contributed by atoms with van der Waals surface area (Å²) in [5, 5.41) is 3.06. The molecule has 0 saturated carbocycles. The fraction of sp³-hybridized carbons (Fsp3) is 0.500. The molecule has 0 aromatic heterocycles. The maximum atomic E-state index is 12.2. The first-order chi connectivity index (χ1) is 8.56. The van der Waals surface area contributed by atoms with Gasteiger partial charge in [-0.3, -0.25) is 4.79 Å². The summed E-state index contributed by atoms with van der Waals surface area (Å²) in [4.78, 5) is 14.4. The molecule has 2 rings (SSSR count). The fourth-order valence-corrected chi connectivity index (χ4v) is 3.03. The number of amides is 1. The van der Waals surface area contributed by atoms with E-state index in [0.717, 1.165) is 37.2 Å².